The molecular weight excluding hydrogens is 226 g/mol. The van der Waals surface area contributed by atoms with Crippen LogP contribution in [0.3, 0.4) is 0 Å². The first-order valence-electron chi connectivity index (χ1n) is 6.60. The third-order valence-electron chi connectivity index (χ3n) is 4.31. The maximum Gasteiger partial charge on any atom is 0.257 e. The van der Waals surface area contributed by atoms with Crippen LogP contribution in [0.4, 0.5) is 5.69 Å². The van der Waals surface area contributed by atoms with E-state index in [1.165, 1.54) is 0 Å². The van der Waals surface area contributed by atoms with Crippen LogP contribution in [0.1, 0.15) is 43.5 Å². The second-order valence-electron chi connectivity index (χ2n) is 5.15. The van der Waals surface area contributed by atoms with Crippen molar-refractivity contribution in [2.24, 2.45) is 5.41 Å². The Hall–Kier alpha value is -1.58. The molecule has 0 aromatic carbocycles. The first-order valence-corrected chi connectivity index (χ1v) is 6.60. The highest BCUT2D eigenvalue weighted by atomic mass is 16.2. The van der Waals surface area contributed by atoms with Gasteiger partial charge in [0, 0.05) is 31.2 Å². The van der Waals surface area contributed by atoms with Gasteiger partial charge in [0.1, 0.15) is 0 Å². The number of amides is 1. The maximum absolute atomic E-state index is 12.4. The summed E-state index contributed by atoms with van der Waals surface area (Å²) in [6.45, 7) is 6.08. The highest BCUT2D eigenvalue weighted by molar-refractivity contribution is 5.98. The van der Waals surface area contributed by atoms with E-state index in [1.807, 2.05) is 4.90 Å². The van der Waals surface area contributed by atoms with Crippen molar-refractivity contribution < 1.29 is 4.79 Å². The number of likely N-dealkylation sites (tertiary alicyclic amines) is 1. The average molecular weight is 247 g/mol. The minimum atomic E-state index is 0.0179. The van der Waals surface area contributed by atoms with E-state index in [2.05, 4.69) is 18.8 Å². The van der Waals surface area contributed by atoms with Gasteiger partial charge in [0.25, 0.3) is 5.91 Å². The number of rotatable bonds is 3. The van der Waals surface area contributed by atoms with Crippen molar-refractivity contribution in [2.75, 3.05) is 18.8 Å². The Morgan fingerprint density at radius 1 is 1.50 bits per heavy atom. The van der Waals surface area contributed by atoms with E-state index in [0.717, 1.165) is 32.4 Å². The summed E-state index contributed by atoms with van der Waals surface area (Å²) in [6, 6.07) is 1.68. The minimum Gasteiger partial charge on any atom is -0.398 e. The van der Waals surface area contributed by atoms with Gasteiger partial charge in [-0.1, -0.05) is 13.8 Å². The zero-order chi connectivity index (χ0) is 13.2. The van der Waals surface area contributed by atoms with Gasteiger partial charge < -0.3 is 10.6 Å². The molecule has 2 heterocycles. The van der Waals surface area contributed by atoms with Crippen molar-refractivity contribution in [1.29, 1.82) is 0 Å². The largest absolute Gasteiger partial charge is 0.398 e. The van der Waals surface area contributed by atoms with Gasteiger partial charge in [0.15, 0.2) is 0 Å². The molecule has 2 rings (SSSR count). The van der Waals surface area contributed by atoms with Crippen LogP contribution in [-0.2, 0) is 0 Å². The zero-order valence-electron chi connectivity index (χ0n) is 11.1. The number of nitrogens with zero attached hydrogens (tertiary/aromatic N) is 2. The van der Waals surface area contributed by atoms with Gasteiger partial charge in [-0.3, -0.25) is 9.78 Å². The Labute approximate surface area is 108 Å². The normalized spacial score (nSPS) is 18.0. The number of pyridine rings is 1. The summed E-state index contributed by atoms with van der Waals surface area (Å²) in [6.07, 6.45) is 6.51. The number of nitrogens with two attached hydrogens (primary N) is 1. The predicted octanol–water partition coefficient (Wildman–Crippen LogP) is 2.32. The molecule has 0 spiro atoms. The average Bonchev–Trinajstić information content (AvgIpc) is 2.84. The van der Waals surface area contributed by atoms with Crippen LogP contribution in [0.2, 0.25) is 0 Å². The van der Waals surface area contributed by atoms with Crippen molar-refractivity contribution in [2.45, 2.75) is 33.1 Å². The molecular formula is C14H21N3O. The smallest absolute Gasteiger partial charge is 0.257 e. The molecule has 0 unspecified atom stereocenters. The summed E-state index contributed by atoms with van der Waals surface area (Å²) < 4.78 is 0. The molecule has 0 atom stereocenters. The quantitative estimate of drug-likeness (QED) is 0.891. The van der Waals surface area contributed by atoms with Crippen LogP contribution in [0.25, 0.3) is 0 Å². The maximum atomic E-state index is 12.4. The number of hydrogen-bond donors (Lipinski definition) is 1. The monoisotopic (exact) mass is 247 g/mol. The molecule has 0 bridgehead atoms. The van der Waals surface area contributed by atoms with E-state index in [-0.39, 0.29) is 5.91 Å². The lowest BCUT2D eigenvalue weighted by Crippen LogP contribution is -2.32. The Kier molecular flexibility index (Phi) is 3.55. The highest BCUT2D eigenvalue weighted by Crippen LogP contribution is 2.37. The van der Waals surface area contributed by atoms with Crippen LogP contribution < -0.4 is 5.73 Å². The molecule has 1 aliphatic heterocycles. The molecule has 4 nitrogen and oxygen atoms in total. The van der Waals surface area contributed by atoms with Crippen LogP contribution in [0.5, 0.6) is 0 Å². The van der Waals surface area contributed by atoms with Gasteiger partial charge in [-0.2, -0.15) is 0 Å². The fourth-order valence-corrected chi connectivity index (χ4v) is 2.69. The summed E-state index contributed by atoms with van der Waals surface area (Å²) in [5.74, 6) is 0.0179. The van der Waals surface area contributed by atoms with E-state index in [4.69, 9.17) is 5.73 Å². The van der Waals surface area contributed by atoms with Crippen LogP contribution >= 0.6 is 0 Å². The lowest BCUT2D eigenvalue weighted by Gasteiger charge is -2.26. The molecule has 18 heavy (non-hydrogen) atoms. The van der Waals surface area contributed by atoms with Gasteiger partial charge in [0.2, 0.25) is 0 Å². The summed E-state index contributed by atoms with van der Waals surface area (Å²) in [5, 5.41) is 0. The van der Waals surface area contributed by atoms with Gasteiger partial charge in [-0.15, -0.1) is 0 Å². The summed E-state index contributed by atoms with van der Waals surface area (Å²) >= 11 is 0. The molecule has 1 aromatic rings. The minimum absolute atomic E-state index is 0.0179. The van der Waals surface area contributed by atoms with Gasteiger partial charge in [-0.25, -0.2) is 0 Å². The van der Waals surface area contributed by atoms with E-state index >= 15 is 0 Å². The third kappa shape index (κ3) is 2.19. The number of carbonyl (C=O) groups is 1. The van der Waals surface area contributed by atoms with E-state index < -0.39 is 0 Å². The second kappa shape index (κ2) is 4.96. The SMILES string of the molecule is CCC1(CC)CCN(C(=O)c2cnccc2N)C1. The van der Waals surface area contributed by atoms with E-state index in [1.54, 1.807) is 18.5 Å². The molecule has 98 valence electrons. The lowest BCUT2D eigenvalue weighted by atomic mass is 9.82. The first kappa shape index (κ1) is 12.9. The van der Waals surface area contributed by atoms with E-state index in [9.17, 15) is 4.79 Å². The molecule has 4 heteroatoms. The molecule has 0 saturated carbocycles. The molecule has 0 radical (unpaired) electrons. The van der Waals surface area contributed by atoms with Gasteiger partial charge in [0.05, 0.1) is 5.56 Å². The van der Waals surface area contributed by atoms with Crippen molar-refractivity contribution in [3.8, 4) is 0 Å². The summed E-state index contributed by atoms with van der Waals surface area (Å²) in [7, 11) is 0. The van der Waals surface area contributed by atoms with Gasteiger partial charge in [-0.05, 0) is 30.7 Å². The summed E-state index contributed by atoms with van der Waals surface area (Å²) in [5.41, 5.74) is 7.18. The van der Waals surface area contributed by atoms with Crippen LogP contribution in [0, 0.1) is 5.41 Å². The lowest BCUT2D eigenvalue weighted by molar-refractivity contribution is 0.0770. The number of nitrogen functional groups attached to an aromatic ring is 1. The number of carbonyl (C=O) groups excluding carboxylic acids is 1. The predicted molar refractivity (Wildman–Crippen MR) is 72.2 cm³/mol. The van der Waals surface area contributed by atoms with E-state index in [0.29, 0.717) is 16.7 Å². The van der Waals surface area contributed by atoms with Crippen molar-refractivity contribution in [1.82, 2.24) is 9.88 Å². The Morgan fingerprint density at radius 2 is 2.22 bits per heavy atom. The van der Waals surface area contributed by atoms with Gasteiger partial charge >= 0.3 is 0 Å². The molecule has 2 N–H and O–H groups in total. The fourth-order valence-electron chi connectivity index (χ4n) is 2.69. The van der Waals surface area contributed by atoms with Crippen LogP contribution in [-0.4, -0.2) is 28.9 Å². The molecule has 1 aliphatic rings. The standard InChI is InChI=1S/C14H21N3O/c1-3-14(4-2)6-8-17(10-14)13(18)11-9-16-7-5-12(11)15/h5,7,9H,3-4,6,8,10H2,1-2H3,(H2,15,16). The topological polar surface area (TPSA) is 59.2 Å². The highest BCUT2D eigenvalue weighted by Gasteiger charge is 2.37. The molecule has 0 aliphatic carbocycles. The van der Waals surface area contributed by atoms with Crippen molar-refractivity contribution in [3.05, 3.63) is 24.0 Å². The molecule has 1 saturated heterocycles. The Bertz CT molecular complexity index is 440. The zero-order valence-corrected chi connectivity index (χ0v) is 11.1. The molecule has 1 aromatic heterocycles. The molecule has 1 fully saturated rings. The van der Waals surface area contributed by atoms with Crippen molar-refractivity contribution in [3.63, 3.8) is 0 Å². The first-order chi connectivity index (χ1) is 8.62. The Balaban J connectivity index is 2.15. The number of aromatic nitrogens is 1. The third-order valence-corrected chi connectivity index (χ3v) is 4.31. The Morgan fingerprint density at radius 3 is 2.78 bits per heavy atom. The fraction of sp³-hybridized carbons (Fsp3) is 0.571. The second-order valence-corrected chi connectivity index (χ2v) is 5.15. The number of anilines is 1. The van der Waals surface area contributed by atoms with Crippen molar-refractivity contribution >= 4 is 11.6 Å². The molecule has 1 amide bonds. The number of hydrogen-bond acceptors (Lipinski definition) is 3. The van der Waals surface area contributed by atoms with Crippen LogP contribution in [0.15, 0.2) is 18.5 Å². The summed E-state index contributed by atoms with van der Waals surface area (Å²) in [4.78, 5) is 18.3.